The summed E-state index contributed by atoms with van der Waals surface area (Å²) in [7, 11) is 0. The van der Waals surface area contributed by atoms with E-state index in [4.69, 9.17) is 4.52 Å². The van der Waals surface area contributed by atoms with Gasteiger partial charge in [0.05, 0.1) is 6.54 Å². The average molecular weight is 261 g/mol. The summed E-state index contributed by atoms with van der Waals surface area (Å²) in [5.74, 6) is 2.11. The van der Waals surface area contributed by atoms with Gasteiger partial charge in [0.25, 0.3) is 0 Å². The Hall–Kier alpha value is -1.69. The van der Waals surface area contributed by atoms with Crippen LogP contribution in [-0.2, 0) is 13.1 Å². The molecule has 1 aliphatic carbocycles. The SMILES string of the molecule is C[C@@H](CCn1cccn1)NCc1nc(C2CC2)no1. The predicted octanol–water partition coefficient (Wildman–Crippen LogP) is 1.71. The Balaban J connectivity index is 1.40. The molecule has 0 radical (unpaired) electrons. The Bertz CT molecular complexity index is 503. The summed E-state index contributed by atoms with van der Waals surface area (Å²) < 4.78 is 7.17. The van der Waals surface area contributed by atoms with Crippen molar-refractivity contribution in [2.45, 2.75) is 51.2 Å². The number of hydrogen-bond donors (Lipinski definition) is 1. The van der Waals surface area contributed by atoms with Crippen LogP contribution in [-0.4, -0.2) is 26.0 Å². The molecule has 0 saturated heterocycles. The lowest BCUT2D eigenvalue weighted by molar-refractivity contribution is 0.349. The van der Waals surface area contributed by atoms with E-state index in [-0.39, 0.29) is 0 Å². The quantitative estimate of drug-likeness (QED) is 0.821. The highest BCUT2D eigenvalue weighted by Crippen LogP contribution is 2.37. The van der Waals surface area contributed by atoms with Crippen molar-refractivity contribution < 1.29 is 4.52 Å². The highest BCUT2D eigenvalue weighted by molar-refractivity contribution is 5.03. The molecule has 6 nitrogen and oxygen atoms in total. The molecular weight excluding hydrogens is 242 g/mol. The van der Waals surface area contributed by atoms with Crippen LogP contribution in [0.15, 0.2) is 23.0 Å². The molecule has 6 heteroatoms. The van der Waals surface area contributed by atoms with Crippen LogP contribution in [0.25, 0.3) is 0 Å². The van der Waals surface area contributed by atoms with Gasteiger partial charge >= 0.3 is 0 Å². The van der Waals surface area contributed by atoms with E-state index in [1.54, 1.807) is 6.20 Å². The van der Waals surface area contributed by atoms with E-state index in [0.29, 0.717) is 24.4 Å². The van der Waals surface area contributed by atoms with E-state index in [2.05, 4.69) is 27.5 Å². The van der Waals surface area contributed by atoms with Crippen LogP contribution in [0.3, 0.4) is 0 Å². The van der Waals surface area contributed by atoms with Crippen molar-refractivity contribution in [3.05, 3.63) is 30.2 Å². The van der Waals surface area contributed by atoms with Crippen molar-refractivity contribution in [2.24, 2.45) is 0 Å². The van der Waals surface area contributed by atoms with E-state index in [1.807, 2.05) is 16.9 Å². The lowest BCUT2D eigenvalue weighted by Gasteiger charge is -2.11. The van der Waals surface area contributed by atoms with Gasteiger partial charge in [0, 0.05) is 30.9 Å². The van der Waals surface area contributed by atoms with Crippen LogP contribution >= 0.6 is 0 Å². The van der Waals surface area contributed by atoms with Crippen molar-refractivity contribution >= 4 is 0 Å². The van der Waals surface area contributed by atoms with Crippen molar-refractivity contribution in [1.82, 2.24) is 25.2 Å². The fraction of sp³-hybridized carbons (Fsp3) is 0.615. The standard InChI is InChI=1S/C13H19N5O/c1-10(5-8-18-7-2-6-15-18)14-9-12-16-13(17-19-12)11-3-4-11/h2,6-7,10-11,14H,3-5,8-9H2,1H3/t10-/m0/s1. The first-order chi connectivity index (χ1) is 9.31. The number of aromatic nitrogens is 4. The van der Waals surface area contributed by atoms with Gasteiger partial charge in [0.1, 0.15) is 0 Å². The predicted molar refractivity (Wildman–Crippen MR) is 69.4 cm³/mol. The first-order valence-corrected chi connectivity index (χ1v) is 6.84. The lowest BCUT2D eigenvalue weighted by atomic mass is 10.2. The van der Waals surface area contributed by atoms with Gasteiger partial charge in [-0.15, -0.1) is 0 Å². The minimum Gasteiger partial charge on any atom is -0.338 e. The summed E-state index contributed by atoms with van der Waals surface area (Å²) in [6.45, 7) is 3.71. The van der Waals surface area contributed by atoms with E-state index in [1.165, 1.54) is 12.8 Å². The molecule has 0 amide bonds. The summed E-state index contributed by atoms with van der Waals surface area (Å²) in [5, 5.41) is 11.6. The van der Waals surface area contributed by atoms with Crippen molar-refractivity contribution in [3.8, 4) is 0 Å². The molecule has 0 aromatic carbocycles. The fourth-order valence-corrected chi connectivity index (χ4v) is 1.97. The van der Waals surface area contributed by atoms with Crippen LogP contribution in [0.4, 0.5) is 0 Å². The number of hydrogen-bond acceptors (Lipinski definition) is 5. The van der Waals surface area contributed by atoms with Gasteiger partial charge < -0.3 is 9.84 Å². The zero-order chi connectivity index (χ0) is 13.1. The van der Waals surface area contributed by atoms with Gasteiger partial charge in [-0.05, 0) is 32.3 Å². The molecule has 0 spiro atoms. The van der Waals surface area contributed by atoms with Crippen LogP contribution in [0.2, 0.25) is 0 Å². The summed E-state index contributed by atoms with van der Waals surface area (Å²) in [4.78, 5) is 4.40. The molecule has 3 rings (SSSR count). The van der Waals surface area contributed by atoms with Crippen LogP contribution in [0.1, 0.15) is 43.8 Å². The molecule has 1 aliphatic rings. The Morgan fingerprint density at radius 1 is 1.53 bits per heavy atom. The number of nitrogens with one attached hydrogen (secondary N) is 1. The first-order valence-electron chi connectivity index (χ1n) is 6.84. The maximum absolute atomic E-state index is 5.23. The molecule has 19 heavy (non-hydrogen) atoms. The smallest absolute Gasteiger partial charge is 0.240 e. The third-order valence-electron chi connectivity index (χ3n) is 3.38. The molecule has 1 atom stereocenters. The monoisotopic (exact) mass is 261 g/mol. The minimum absolute atomic E-state index is 0.389. The van der Waals surface area contributed by atoms with Crippen LogP contribution in [0, 0.1) is 0 Å². The molecule has 2 heterocycles. The van der Waals surface area contributed by atoms with E-state index < -0.39 is 0 Å². The molecule has 0 aliphatic heterocycles. The molecule has 1 fully saturated rings. The van der Waals surface area contributed by atoms with Gasteiger partial charge in [-0.1, -0.05) is 5.16 Å². The van der Waals surface area contributed by atoms with E-state index in [9.17, 15) is 0 Å². The van der Waals surface area contributed by atoms with Crippen LogP contribution in [0.5, 0.6) is 0 Å². The highest BCUT2D eigenvalue weighted by Gasteiger charge is 2.28. The van der Waals surface area contributed by atoms with Crippen LogP contribution < -0.4 is 5.32 Å². The average Bonchev–Trinajstić information content (AvgIpc) is 2.95. The zero-order valence-corrected chi connectivity index (χ0v) is 11.1. The number of nitrogens with zero attached hydrogens (tertiary/aromatic N) is 4. The summed E-state index contributed by atoms with van der Waals surface area (Å²) in [6, 6.07) is 2.33. The van der Waals surface area contributed by atoms with E-state index >= 15 is 0 Å². The molecular formula is C13H19N5O. The Morgan fingerprint density at radius 3 is 3.16 bits per heavy atom. The number of aryl methyl sites for hydroxylation is 1. The fourth-order valence-electron chi connectivity index (χ4n) is 1.97. The molecule has 2 aromatic rings. The molecule has 1 saturated carbocycles. The number of rotatable bonds is 7. The molecule has 1 N–H and O–H groups in total. The van der Waals surface area contributed by atoms with E-state index in [0.717, 1.165) is 18.8 Å². The second kappa shape index (κ2) is 5.52. The Morgan fingerprint density at radius 2 is 2.42 bits per heavy atom. The Labute approximate surface area is 112 Å². The third-order valence-corrected chi connectivity index (χ3v) is 3.38. The van der Waals surface area contributed by atoms with Crippen molar-refractivity contribution in [2.75, 3.05) is 0 Å². The second-order valence-corrected chi connectivity index (χ2v) is 5.16. The van der Waals surface area contributed by atoms with Gasteiger partial charge in [-0.2, -0.15) is 10.1 Å². The molecule has 2 aromatic heterocycles. The van der Waals surface area contributed by atoms with Crippen molar-refractivity contribution in [3.63, 3.8) is 0 Å². The highest BCUT2D eigenvalue weighted by atomic mass is 16.5. The third kappa shape index (κ3) is 3.41. The largest absolute Gasteiger partial charge is 0.338 e. The second-order valence-electron chi connectivity index (χ2n) is 5.16. The topological polar surface area (TPSA) is 68.8 Å². The summed E-state index contributed by atoms with van der Waals surface area (Å²) in [6.07, 6.45) is 7.20. The molecule has 0 unspecified atom stereocenters. The van der Waals surface area contributed by atoms with Gasteiger partial charge in [0.15, 0.2) is 5.82 Å². The Kier molecular flexibility index (Phi) is 3.59. The maximum Gasteiger partial charge on any atom is 0.240 e. The zero-order valence-electron chi connectivity index (χ0n) is 11.1. The summed E-state index contributed by atoms with van der Waals surface area (Å²) in [5.41, 5.74) is 0. The first kappa shape index (κ1) is 12.3. The van der Waals surface area contributed by atoms with Gasteiger partial charge in [0.2, 0.25) is 5.89 Å². The summed E-state index contributed by atoms with van der Waals surface area (Å²) >= 11 is 0. The lowest BCUT2D eigenvalue weighted by Crippen LogP contribution is -2.27. The van der Waals surface area contributed by atoms with Crippen molar-refractivity contribution in [1.29, 1.82) is 0 Å². The van der Waals surface area contributed by atoms with Gasteiger partial charge in [-0.25, -0.2) is 0 Å². The molecule has 102 valence electrons. The maximum atomic E-state index is 5.23. The molecule has 0 bridgehead atoms. The van der Waals surface area contributed by atoms with Gasteiger partial charge in [-0.3, -0.25) is 4.68 Å². The normalized spacial score (nSPS) is 16.7. The minimum atomic E-state index is 0.389.